The molecule has 3 aromatic rings. The maximum absolute atomic E-state index is 12.4. The van der Waals surface area contributed by atoms with Gasteiger partial charge in [0.1, 0.15) is 11.5 Å². The number of aryl methyl sites for hydroxylation is 2. The number of nitrogens with one attached hydrogen (secondary N) is 2. The van der Waals surface area contributed by atoms with Crippen LogP contribution in [0.3, 0.4) is 0 Å². The molecule has 2 heterocycles. The number of rotatable bonds is 5. The van der Waals surface area contributed by atoms with Crippen LogP contribution in [-0.4, -0.2) is 16.8 Å². The van der Waals surface area contributed by atoms with Crippen LogP contribution in [0.15, 0.2) is 40.1 Å². The second kappa shape index (κ2) is 7.53. The molecule has 0 atom stereocenters. The van der Waals surface area contributed by atoms with Crippen molar-refractivity contribution in [1.29, 1.82) is 0 Å². The highest BCUT2D eigenvalue weighted by Crippen LogP contribution is 2.27. The minimum absolute atomic E-state index is 0.118. The number of carbonyl (C=O) groups excluding carboxylic acids is 2. The van der Waals surface area contributed by atoms with E-state index in [1.807, 2.05) is 31.4 Å². The molecule has 0 aliphatic heterocycles. The van der Waals surface area contributed by atoms with Crippen molar-refractivity contribution in [3.05, 3.63) is 58.2 Å². The van der Waals surface area contributed by atoms with Gasteiger partial charge in [0.05, 0.1) is 6.54 Å². The summed E-state index contributed by atoms with van der Waals surface area (Å²) in [4.78, 5) is 27.7. The van der Waals surface area contributed by atoms with Gasteiger partial charge in [-0.1, -0.05) is 6.07 Å². The molecule has 26 heavy (non-hydrogen) atoms. The minimum atomic E-state index is -0.195. The van der Waals surface area contributed by atoms with E-state index in [2.05, 4.69) is 15.6 Å². The molecule has 7 heteroatoms. The van der Waals surface area contributed by atoms with E-state index < -0.39 is 0 Å². The number of thiazole rings is 1. The molecule has 134 valence electrons. The number of benzene rings is 1. The minimum Gasteiger partial charge on any atom is -0.458 e. The fraction of sp³-hybridized carbons (Fsp3) is 0.211. The molecule has 0 fully saturated rings. The SMILES string of the molecule is CC(=O)NCc1ccc(-c2csc(NC(=O)c3ccc(C)c(C)c3)n2)o1. The number of amides is 2. The fourth-order valence-electron chi connectivity index (χ4n) is 2.32. The number of anilines is 1. The Balaban J connectivity index is 1.68. The molecular weight excluding hydrogens is 350 g/mol. The van der Waals surface area contributed by atoms with Gasteiger partial charge in [-0.2, -0.15) is 0 Å². The van der Waals surface area contributed by atoms with Crippen molar-refractivity contribution < 1.29 is 14.0 Å². The molecule has 0 bridgehead atoms. The Hall–Kier alpha value is -2.93. The first-order valence-corrected chi connectivity index (χ1v) is 8.98. The van der Waals surface area contributed by atoms with Gasteiger partial charge in [0.2, 0.25) is 5.91 Å². The molecule has 0 aliphatic rings. The van der Waals surface area contributed by atoms with Gasteiger partial charge in [-0.25, -0.2) is 4.98 Å². The normalized spacial score (nSPS) is 10.6. The number of hydrogen-bond acceptors (Lipinski definition) is 5. The third-order valence-corrected chi connectivity index (χ3v) is 4.68. The van der Waals surface area contributed by atoms with Crippen molar-refractivity contribution in [1.82, 2.24) is 10.3 Å². The van der Waals surface area contributed by atoms with Gasteiger partial charge >= 0.3 is 0 Å². The van der Waals surface area contributed by atoms with Crippen molar-refractivity contribution in [3.63, 3.8) is 0 Å². The molecule has 0 aliphatic carbocycles. The molecule has 2 N–H and O–H groups in total. The summed E-state index contributed by atoms with van der Waals surface area (Å²) < 4.78 is 5.67. The summed E-state index contributed by atoms with van der Waals surface area (Å²) in [6.07, 6.45) is 0. The second-order valence-electron chi connectivity index (χ2n) is 5.97. The molecule has 0 radical (unpaired) electrons. The molecule has 0 saturated carbocycles. The van der Waals surface area contributed by atoms with Crippen LogP contribution in [0.4, 0.5) is 5.13 Å². The summed E-state index contributed by atoms with van der Waals surface area (Å²) in [5, 5.41) is 7.81. The van der Waals surface area contributed by atoms with E-state index in [1.54, 1.807) is 18.2 Å². The van der Waals surface area contributed by atoms with Crippen LogP contribution in [0.1, 0.15) is 34.2 Å². The Morgan fingerprint density at radius 1 is 1.15 bits per heavy atom. The lowest BCUT2D eigenvalue weighted by atomic mass is 10.1. The summed E-state index contributed by atoms with van der Waals surface area (Å²) in [5.74, 6) is 0.921. The topological polar surface area (TPSA) is 84.2 Å². The van der Waals surface area contributed by atoms with Crippen LogP contribution >= 0.6 is 11.3 Å². The molecule has 0 saturated heterocycles. The Morgan fingerprint density at radius 3 is 2.69 bits per heavy atom. The van der Waals surface area contributed by atoms with Crippen LogP contribution < -0.4 is 10.6 Å². The average Bonchev–Trinajstić information content (AvgIpc) is 3.24. The molecule has 0 spiro atoms. The van der Waals surface area contributed by atoms with E-state index >= 15 is 0 Å². The highest BCUT2D eigenvalue weighted by Gasteiger charge is 2.13. The van der Waals surface area contributed by atoms with Gasteiger partial charge in [-0.15, -0.1) is 11.3 Å². The fourth-order valence-corrected chi connectivity index (χ4v) is 3.01. The van der Waals surface area contributed by atoms with Crippen LogP contribution in [0.25, 0.3) is 11.5 Å². The van der Waals surface area contributed by atoms with Crippen molar-refractivity contribution in [2.75, 3.05) is 5.32 Å². The maximum atomic E-state index is 12.4. The van der Waals surface area contributed by atoms with Gasteiger partial charge in [-0.3, -0.25) is 14.9 Å². The summed E-state index contributed by atoms with van der Waals surface area (Å²) in [7, 11) is 0. The first kappa shape index (κ1) is 17.9. The van der Waals surface area contributed by atoms with E-state index in [0.717, 1.165) is 11.1 Å². The predicted octanol–water partition coefficient (Wildman–Crippen LogP) is 3.91. The third kappa shape index (κ3) is 4.18. The van der Waals surface area contributed by atoms with Gasteiger partial charge in [0, 0.05) is 17.9 Å². The molecule has 1 aromatic carbocycles. The first-order valence-electron chi connectivity index (χ1n) is 8.10. The van der Waals surface area contributed by atoms with Crippen LogP contribution in [0.2, 0.25) is 0 Å². The van der Waals surface area contributed by atoms with Crippen LogP contribution in [0, 0.1) is 13.8 Å². The van der Waals surface area contributed by atoms with E-state index in [9.17, 15) is 9.59 Å². The van der Waals surface area contributed by atoms with Crippen molar-refractivity contribution in [3.8, 4) is 11.5 Å². The zero-order valence-electron chi connectivity index (χ0n) is 14.8. The van der Waals surface area contributed by atoms with Gasteiger partial charge in [-0.05, 0) is 49.2 Å². The van der Waals surface area contributed by atoms with Crippen molar-refractivity contribution in [2.24, 2.45) is 0 Å². The molecule has 2 aromatic heterocycles. The zero-order valence-corrected chi connectivity index (χ0v) is 15.6. The van der Waals surface area contributed by atoms with Gasteiger partial charge < -0.3 is 9.73 Å². The number of hydrogen-bond donors (Lipinski definition) is 2. The summed E-state index contributed by atoms with van der Waals surface area (Å²) in [5.41, 5.74) is 3.45. The Bertz CT molecular complexity index is 959. The summed E-state index contributed by atoms with van der Waals surface area (Å²) in [6.45, 7) is 5.77. The van der Waals surface area contributed by atoms with Gasteiger partial charge in [0.25, 0.3) is 5.91 Å². The van der Waals surface area contributed by atoms with Crippen molar-refractivity contribution in [2.45, 2.75) is 27.3 Å². The lowest BCUT2D eigenvalue weighted by Gasteiger charge is -2.04. The second-order valence-corrected chi connectivity index (χ2v) is 6.82. The highest BCUT2D eigenvalue weighted by atomic mass is 32.1. The average molecular weight is 369 g/mol. The van der Waals surface area contributed by atoms with Crippen LogP contribution in [-0.2, 0) is 11.3 Å². The molecule has 3 rings (SSSR count). The summed E-state index contributed by atoms with van der Waals surface area (Å²) in [6, 6.07) is 9.17. The lowest BCUT2D eigenvalue weighted by Crippen LogP contribution is -2.18. The van der Waals surface area contributed by atoms with Crippen molar-refractivity contribution >= 4 is 28.3 Å². The first-order chi connectivity index (χ1) is 12.4. The summed E-state index contributed by atoms with van der Waals surface area (Å²) >= 11 is 1.33. The number of nitrogens with zero attached hydrogens (tertiary/aromatic N) is 1. The van der Waals surface area contributed by atoms with E-state index in [1.165, 1.54) is 18.3 Å². The molecule has 0 unspecified atom stereocenters. The Kier molecular flexibility index (Phi) is 5.18. The Morgan fingerprint density at radius 2 is 1.96 bits per heavy atom. The van der Waals surface area contributed by atoms with Gasteiger partial charge in [0.15, 0.2) is 10.9 Å². The van der Waals surface area contributed by atoms with Crippen LogP contribution in [0.5, 0.6) is 0 Å². The number of carbonyl (C=O) groups is 2. The third-order valence-electron chi connectivity index (χ3n) is 3.92. The van der Waals surface area contributed by atoms with E-state index in [4.69, 9.17) is 4.42 Å². The monoisotopic (exact) mass is 369 g/mol. The largest absolute Gasteiger partial charge is 0.458 e. The van der Waals surface area contributed by atoms with E-state index in [0.29, 0.717) is 34.5 Å². The highest BCUT2D eigenvalue weighted by molar-refractivity contribution is 7.14. The number of aromatic nitrogens is 1. The quantitative estimate of drug-likeness (QED) is 0.714. The molecule has 6 nitrogen and oxygen atoms in total. The zero-order chi connectivity index (χ0) is 18.7. The van der Waals surface area contributed by atoms with E-state index in [-0.39, 0.29) is 11.8 Å². The number of furan rings is 1. The molecular formula is C19H19N3O3S. The standard InChI is InChI=1S/C19H19N3O3S/c1-11-4-5-14(8-12(11)2)18(24)22-19-21-16(10-26-19)17-7-6-15(25-17)9-20-13(3)23/h4-8,10H,9H2,1-3H3,(H,20,23)(H,21,22,24). The molecule has 2 amide bonds. The Labute approximate surface area is 155 Å². The maximum Gasteiger partial charge on any atom is 0.257 e. The smallest absolute Gasteiger partial charge is 0.257 e. The predicted molar refractivity (Wildman–Crippen MR) is 101 cm³/mol. The lowest BCUT2D eigenvalue weighted by molar-refractivity contribution is -0.119.